The third-order valence-corrected chi connectivity index (χ3v) is 11.8. The topological polar surface area (TPSA) is 67.2 Å². The van der Waals surface area contributed by atoms with E-state index < -0.39 is 0 Å². The van der Waals surface area contributed by atoms with Gasteiger partial charge in [0.2, 0.25) is 0 Å². The van der Waals surface area contributed by atoms with Crippen LogP contribution >= 0.6 is 0 Å². The number of aromatic nitrogens is 2. The van der Waals surface area contributed by atoms with Gasteiger partial charge in [-0.2, -0.15) is 0 Å². The highest BCUT2D eigenvalue weighted by Gasteiger charge is 2.75. The smallest absolute Gasteiger partial charge is 0.318 e. The molecule has 222 valence electrons. The summed E-state index contributed by atoms with van der Waals surface area (Å²) in [6, 6.07) is 15.3. The molecule has 1 spiro atoms. The number of benzene rings is 2. The second-order valence-electron chi connectivity index (χ2n) is 14.2. The number of fused-ring (bicyclic) bond motifs is 2. The lowest BCUT2D eigenvalue weighted by molar-refractivity contribution is -0.0851. The average molecular weight is 567 g/mol. The van der Waals surface area contributed by atoms with Crippen molar-refractivity contribution in [3.63, 3.8) is 0 Å². The van der Waals surface area contributed by atoms with Crippen molar-refractivity contribution in [2.75, 3.05) is 6.54 Å². The largest absolute Gasteiger partial charge is 0.332 e. The van der Waals surface area contributed by atoms with Crippen LogP contribution in [-0.2, 0) is 6.42 Å². The number of hydrogen-bond donors (Lipinski definition) is 1. The molecule has 6 heteroatoms. The second kappa shape index (κ2) is 10.2. The molecule has 6 unspecified atom stereocenters. The van der Waals surface area contributed by atoms with Crippen LogP contribution < -0.4 is 10.9 Å². The van der Waals surface area contributed by atoms with Crippen LogP contribution in [0, 0.1) is 29.1 Å². The Morgan fingerprint density at radius 2 is 1.74 bits per heavy atom. The summed E-state index contributed by atoms with van der Waals surface area (Å²) in [6.07, 6.45) is 10.6. The Morgan fingerprint density at radius 3 is 2.55 bits per heavy atom. The van der Waals surface area contributed by atoms with Gasteiger partial charge < -0.3 is 10.2 Å². The van der Waals surface area contributed by atoms with Crippen molar-refractivity contribution in [3.05, 3.63) is 70.3 Å². The van der Waals surface area contributed by atoms with Crippen LogP contribution in [0.2, 0.25) is 0 Å². The Labute approximate surface area is 249 Å². The number of urea groups is 1. The van der Waals surface area contributed by atoms with Crippen molar-refractivity contribution in [3.8, 4) is 5.69 Å². The van der Waals surface area contributed by atoms with Crippen molar-refractivity contribution in [1.82, 2.24) is 19.8 Å². The molecule has 0 radical (unpaired) electrons. The van der Waals surface area contributed by atoms with Gasteiger partial charge >= 0.3 is 6.03 Å². The van der Waals surface area contributed by atoms with Crippen molar-refractivity contribution in [2.45, 2.75) is 97.1 Å². The summed E-state index contributed by atoms with van der Waals surface area (Å²) in [4.78, 5) is 35.8. The van der Waals surface area contributed by atoms with E-state index >= 15 is 0 Å². The molecule has 2 aromatic carbocycles. The van der Waals surface area contributed by atoms with E-state index in [1.807, 2.05) is 47.4 Å². The van der Waals surface area contributed by atoms with E-state index in [4.69, 9.17) is 4.98 Å². The van der Waals surface area contributed by atoms with E-state index in [0.717, 1.165) is 54.7 Å². The van der Waals surface area contributed by atoms with Gasteiger partial charge in [-0.25, -0.2) is 9.78 Å². The molecule has 0 aliphatic heterocycles. The number of nitrogens with zero attached hydrogens (tertiary/aromatic N) is 3. The van der Waals surface area contributed by atoms with E-state index in [1.165, 1.54) is 32.1 Å². The standard InChI is InChI=1S/C36H46N4O2/c1-5-26-10-6-9-13-31(26)40-32(37-30-12-8-7-11-29(30)33(40)41)24(4)39(19-18-23(2)3)34(42)38-35-20-25-14-15-27-16-17-28(22-35)36(27,35)21-25/h6-13,23-25,27-28H,5,14-22H2,1-4H3,(H,38,42). The lowest BCUT2D eigenvalue weighted by Gasteiger charge is -2.62. The van der Waals surface area contributed by atoms with Crippen molar-refractivity contribution >= 4 is 16.9 Å². The van der Waals surface area contributed by atoms with Crippen molar-refractivity contribution in [1.29, 1.82) is 0 Å². The third kappa shape index (κ3) is 4.00. The van der Waals surface area contributed by atoms with E-state index in [2.05, 4.69) is 39.1 Å². The van der Waals surface area contributed by atoms with Gasteiger partial charge in [0.1, 0.15) is 5.82 Å². The minimum atomic E-state index is -0.379. The quantitative estimate of drug-likeness (QED) is 0.308. The molecule has 2 bridgehead atoms. The van der Waals surface area contributed by atoms with Crippen LogP contribution in [-0.4, -0.2) is 32.6 Å². The molecule has 4 fully saturated rings. The van der Waals surface area contributed by atoms with Crippen LogP contribution in [0.1, 0.15) is 96.5 Å². The SMILES string of the molecule is CCc1ccccc1-n1c(C(C)N(CCC(C)C)C(=O)NC23CC4CCC5CCC(C2)C53C4)nc2ccccc2c1=O. The summed E-state index contributed by atoms with van der Waals surface area (Å²) in [5.74, 6) is 3.39. The van der Waals surface area contributed by atoms with Crippen LogP contribution in [0.3, 0.4) is 0 Å². The molecule has 1 aromatic heterocycles. The number of hydrogen-bond acceptors (Lipinski definition) is 3. The predicted octanol–water partition coefficient (Wildman–Crippen LogP) is 7.43. The fraction of sp³-hybridized carbons (Fsp3) is 0.583. The number of rotatable bonds is 8. The lowest BCUT2D eigenvalue weighted by atomic mass is 9.47. The molecule has 42 heavy (non-hydrogen) atoms. The molecule has 2 amide bonds. The van der Waals surface area contributed by atoms with E-state index in [9.17, 15) is 9.59 Å². The maximum absolute atomic E-state index is 14.5. The Hall–Kier alpha value is -3.15. The van der Waals surface area contributed by atoms with Crippen LogP contribution in [0.5, 0.6) is 0 Å². The Morgan fingerprint density at radius 1 is 1.00 bits per heavy atom. The van der Waals surface area contributed by atoms with Gasteiger partial charge in [0.15, 0.2) is 0 Å². The number of amides is 2. The zero-order valence-corrected chi connectivity index (χ0v) is 25.7. The summed E-state index contributed by atoms with van der Waals surface area (Å²) in [5, 5.41) is 4.33. The lowest BCUT2D eigenvalue weighted by Crippen LogP contribution is -2.70. The molecule has 1 N–H and O–H groups in total. The van der Waals surface area contributed by atoms with Gasteiger partial charge in [0, 0.05) is 12.1 Å². The normalized spacial score (nSPS) is 29.8. The first-order chi connectivity index (χ1) is 20.3. The molecule has 6 nitrogen and oxygen atoms in total. The summed E-state index contributed by atoms with van der Waals surface area (Å²) >= 11 is 0. The van der Waals surface area contributed by atoms with Crippen LogP contribution in [0.4, 0.5) is 4.79 Å². The summed E-state index contributed by atoms with van der Waals surface area (Å²) in [6.45, 7) is 9.22. The number of para-hydroxylation sites is 2. The van der Waals surface area contributed by atoms with E-state index in [-0.39, 0.29) is 23.2 Å². The number of carbonyl (C=O) groups excluding carboxylic acids is 1. The van der Waals surface area contributed by atoms with Crippen LogP contribution in [0.25, 0.3) is 16.6 Å². The highest BCUT2D eigenvalue weighted by Crippen LogP contribution is 2.77. The van der Waals surface area contributed by atoms with E-state index in [0.29, 0.717) is 34.6 Å². The second-order valence-corrected chi connectivity index (χ2v) is 14.2. The highest BCUT2D eigenvalue weighted by molar-refractivity contribution is 5.79. The molecule has 1 heterocycles. The average Bonchev–Trinajstić information content (AvgIpc) is 3.39. The van der Waals surface area contributed by atoms with Gasteiger partial charge in [-0.15, -0.1) is 0 Å². The molecule has 6 atom stereocenters. The minimum absolute atomic E-state index is 0.0203. The fourth-order valence-electron chi connectivity index (χ4n) is 9.88. The molecule has 4 saturated carbocycles. The Kier molecular flexibility index (Phi) is 6.75. The minimum Gasteiger partial charge on any atom is -0.332 e. The van der Waals surface area contributed by atoms with E-state index in [1.54, 1.807) is 4.57 Å². The Balaban J connectivity index is 1.30. The van der Waals surface area contributed by atoms with Gasteiger partial charge in [0.25, 0.3) is 5.56 Å². The maximum atomic E-state index is 14.5. The zero-order chi connectivity index (χ0) is 29.2. The first-order valence-electron chi connectivity index (χ1n) is 16.5. The molecule has 0 saturated heterocycles. The molecular weight excluding hydrogens is 520 g/mol. The number of aryl methyl sites for hydroxylation is 1. The van der Waals surface area contributed by atoms with Gasteiger partial charge in [-0.1, -0.05) is 57.5 Å². The molecular formula is C36H46N4O2. The molecule has 4 aliphatic rings. The molecule has 4 aliphatic carbocycles. The third-order valence-electron chi connectivity index (χ3n) is 11.8. The van der Waals surface area contributed by atoms with Crippen molar-refractivity contribution in [2.24, 2.45) is 29.1 Å². The Bertz CT molecular complexity index is 1580. The van der Waals surface area contributed by atoms with Crippen molar-refractivity contribution < 1.29 is 4.79 Å². The number of carbonyl (C=O) groups is 1. The summed E-state index contributed by atoms with van der Waals surface area (Å²) in [7, 11) is 0. The van der Waals surface area contributed by atoms with Gasteiger partial charge in [-0.3, -0.25) is 9.36 Å². The highest BCUT2D eigenvalue weighted by atomic mass is 16.2. The van der Waals surface area contributed by atoms with Gasteiger partial charge in [-0.05, 0) is 111 Å². The first kappa shape index (κ1) is 27.7. The zero-order valence-electron chi connectivity index (χ0n) is 25.7. The monoisotopic (exact) mass is 566 g/mol. The van der Waals surface area contributed by atoms with Gasteiger partial charge in [0.05, 0.1) is 22.6 Å². The first-order valence-corrected chi connectivity index (χ1v) is 16.5. The fourth-order valence-corrected chi connectivity index (χ4v) is 9.88. The summed E-state index contributed by atoms with van der Waals surface area (Å²) < 4.78 is 1.79. The predicted molar refractivity (Wildman–Crippen MR) is 168 cm³/mol. The maximum Gasteiger partial charge on any atom is 0.318 e. The summed E-state index contributed by atoms with van der Waals surface area (Å²) in [5.41, 5.74) is 2.81. The molecule has 7 rings (SSSR count). The number of nitrogens with one attached hydrogen (secondary N) is 1. The van der Waals surface area contributed by atoms with Crippen LogP contribution in [0.15, 0.2) is 53.3 Å². The molecule has 3 aromatic rings.